The molecule has 1 aromatic heterocycles. The van der Waals surface area contributed by atoms with Crippen LogP contribution in [0.25, 0.3) is 10.9 Å². The molecule has 0 aliphatic heterocycles. The molecule has 1 aliphatic rings. The number of rotatable bonds is 3. The van der Waals surface area contributed by atoms with Crippen molar-refractivity contribution in [2.24, 2.45) is 0 Å². The van der Waals surface area contributed by atoms with Gasteiger partial charge < -0.3 is 0 Å². The van der Waals surface area contributed by atoms with Crippen LogP contribution in [0.4, 0.5) is 0 Å². The predicted molar refractivity (Wildman–Crippen MR) is 95.0 cm³/mol. The van der Waals surface area contributed by atoms with E-state index in [2.05, 4.69) is 34.1 Å². The summed E-state index contributed by atoms with van der Waals surface area (Å²) in [5.41, 5.74) is 3.23. The quantitative estimate of drug-likeness (QED) is 0.529. The summed E-state index contributed by atoms with van der Waals surface area (Å²) >= 11 is 16.2. The van der Waals surface area contributed by atoms with Crippen LogP contribution in [0.5, 0.6) is 0 Å². The molecule has 0 radical (unpaired) electrons. The molecule has 0 spiro atoms. The van der Waals surface area contributed by atoms with Crippen molar-refractivity contribution in [3.8, 4) is 0 Å². The Labute approximate surface area is 147 Å². The molecule has 0 bridgehead atoms. The average Bonchev–Trinajstić information content (AvgIpc) is 3.27. The molecule has 3 aromatic rings. The van der Waals surface area contributed by atoms with Gasteiger partial charge in [0.1, 0.15) is 0 Å². The van der Waals surface area contributed by atoms with E-state index in [4.69, 9.17) is 28.3 Å². The third kappa shape index (κ3) is 2.55. The van der Waals surface area contributed by atoms with Gasteiger partial charge in [0.05, 0.1) is 17.8 Å². The maximum atomic E-state index is 6.31. The van der Waals surface area contributed by atoms with Gasteiger partial charge in [-0.2, -0.15) is 5.10 Å². The summed E-state index contributed by atoms with van der Waals surface area (Å²) in [5.74, 6) is 0.603. The summed E-state index contributed by atoms with van der Waals surface area (Å²) < 4.78 is 3.06. The van der Waals surface area contributed by atoms with E-state index in [9.17, 15) is 0 Å². The zero-order chi connectivity index (χ0) is 15.3. The standard InChI is InChI=1S/C17H13BrCl2N2/c18-11-6-7-12-16(8-11)22(21-17(12)10-4-5-10)9-13-14(19)2-1-3-15(13)20/h1-3,6-8,10H,4-5,9H2. The lowest BCUT2D eigenvalue weighted by molar-refractivity contribution is 0.694. The Morgan fingerprint density at radius 1 is 1.14 bits per heavy atom. The van der Waals surface area contributed by atoms with E-state index in [0.717, 1.165) is 15.6 Å². The first-order valence-corrected chi connectivity index (χ1v) is 8.77. The highest BCUT2D eigenvalue weighted by molar-refractivity contribution is 9.10. The van der Waals surface area contributed by atoms with E-state index >= 15 is 0 Å². The van der Waals surface area contributed by atoms with E-state index in [0.29, 0.717) is 22.5 Å². The molecule has 4 rings (SSSR count). The Bertz CT molecular complexity index is 848. The molecular weight excluding hydrogens is 383 g/mol. The molecule has 0 saturated heterocycles. The number of hydrogen-bond donors (Lipinski definition) is 0. The lowest BCUT2D eigenvalue weighted by Gasteiger charge is -2.08. The van der Waals surface area contributed by atoms with E-state index in [1.807, 2.05) is 22.9 Å². The van der Waals surface area contributed by atoms with Crippen LogP contribution in [0.2, 0.25) is 10.0 Å². The van der Waals surface area contributed by atoms with E-state index in [-0.39, 0.29) is 0 Å². The van der Waals surface area contributed by atoms with Crippen LogP contribution in [0, 0.1) is 0 Å². The maximum absolute atomic E-state index is 6.31. The van der Waals surface area contributed by atoms with Crippen LogP contribution in [0.1, 0.15) is 30.0 Å². The summed E-state index contributed by atoms with van der Waals surface area (Å²) in [6, 6.07) is 11.9. The molecule has 2 nitrogen and oxygen atoms in total. The fraction of sp³-hybridized carbons (Fsp3) is 0.235. The van der Waals surface area contributed by atoms with Crippen molar-refractivity contribution >= 4 is 50.0 Å². The van der Waals surface area contributed by atoms with Gasteiger partial charge in [-0.3, -0.25) is 4.68 Å². The summed E-state index contributed by atoms with van der Waals surface area (Å²) in [4.78, 5) is 0. The zero-order valence-corrected chi connectivity index (χ0v) is 14.8. The number of nitrogens with zero attached hydrogens (tertiary/aromatic N) is 2. The zero-order valence-electron chi connectivity index (χ0n) is 11.7. The van der Waals surface area contributed by atoms with Crippen LogP contribution in [0.3, 0.4) is 0 Å². The lowest BCUT2D eigenvalue weighted by atomic mass is 10.1. The average molecular weight is 396 g/mol. The Morgan fingerprint density at radius 3 is 2.55 bits per heavy atom. The normalized spacial score (nSPS) is 14.7. The van der Waals surface area contributed by atoms with Crippen LogP contribution in [0.15, 0.2) is 40.9 Å². The van der Waals surface area contributed by atoms with Gasteiger partial charge in [0, 0.05) is 31.4 Å². The van der Waals surface area contributed by atoms with Crippen molar-refractivity contribution in [3.63, 3.8) is 0 Å². The fourth-order valence-electron chi connectivity index (χ4n) is 2.78. The Hall–Kier alpha value is -1.03. The van der Waals surface area contributed by atoms with Gasteiger partial charge in [0.15, 0.2) is 0 Å². The Balaban J connectivity index is 1.86. The molecule has 0 amide bonds. The van der Waals surface area contributed by atoms with Gasteiger partial charge in [-0.15, -0.1) is 0 Å². The van der Waals surface area contributed by atoms with Gasteiger partial charge >= 0.3 is 0 Å². The first-order valence-electron chi connectivity index (χ1n) is 7.22. The largest absolute Gasteiger partial charge is 0.260 e. The second-order valence-corrected chi connectivity index (χ2v) is 7.41. The second kappa shape index (κ2) is 5.55. The Morgan fingerprint density at radius 2 is 1.86 bits per heavy atom. The monoisotopic (exact) mass is 394 g/mol. The van der Waals surface area contributed by atoms with Gasteiger partial charge in [-0.25, -0.2) is 0 Å². The number of benzene rings is 2. The second-order valence-electron chi connectivity index (χ2n) is 5.68. The fourth-order valence-corrected chi connectivity index (χ4v) is 3.65. The maximum Gasteiger partial charge on any atom is 0.0734 e. The minimum Gasteiger partial charge on any atom is -0.260 e. The van der Waals surface area contributed by atoms with Crippen molar-refractivity contribution in [1.29, 1.82) is 0 Å². The molecule has 0 atom stereocenters. The van der Waals surface area contributed by atoms with Crippen molar-refractivity contribution < 1.29 is 0 Å². The first kappa shape index (κ1) is 14.6. The third-order valence-corrected chi connectivity index (χ3v) is 5.28. The molecule has 1 heterocycles. The van der Waals surface area contributed by atoms with Crippen molar-refractivity contribution in [3.05, 3.63) is 62.2 Å². The van der Waals surface area contributed by atoms with Gasteiger partial charge in [0.25, 0.3) is 0 Å². The highest BCUT2D eigenvalue weighted by Gasteiger charge is 2.29. The lowest BCUT2D eigenvalue weighted by Crippen LogP contribution is -2.03. The molecule has 22 heavy (non-hydrogen) atoms. The smallest absolute Gasteiger partial charge is 0.0734 e. The molecule has 112 valence electrons. The van der Waals surface area contributed by atoms with Crippen LogP contribution >= 0.6 is 39.1 Å². The molecular formula is C17H13BrCl2N2. The molecule has 1 saturated carbocycles. The van der Waals surface area contributed by atoms with Crippen molar-refractivity contribution in [2.45, 2.75) is 25.3 Å². The summed E-state index contributed by atoms with van der Waals surface area (Å²) in [5, 5.41) is 7.44. The highest BCUT2D eigenvalue weighted by Crippen LogP contribution is 2.43. The van der Waals surface area contributed by atoms with Gasteiger partial charge in [-0.1, -0.05) is 45.2 Å². The van der Waals surface area contributed by atoms with E-state index < -0.39 is 0 Å². The summed E-state index contributed by atoms with van der Waals surface area (Å²) in [6.45, 7) is 0.582. The highest BCUT2D eigenvalue weighted by atomic mass is 79.9. The molecule has 2 aromatic carbocycles. The first-order chi connectivity index (χ1) is 10.6. The van der Waals surface area contributed by atoms with Crippen molar-refractivity contribution in [2.75, 3.05) is 0 Å². The van der Waals surface area contributed by atoms with E-state index in [1.165, 1.54) is 23.9 Å². The van der Waals surface area contributed by atoms with Crippen LogP contribution < -0.4 is 0 Å². The van der Waals surface area contributed by atoms with Crippen molar-refractivity contribution in [1.82, 2.24) is 9.78 Å². The minimum atomic E-state index is 0.582. The number of aromatic nitrogens is 2. The summed E-state index contributed by atoms with van der Waals surface area (Å²) in [6.07, 6.45) is 2.46. The van der Waals surface area contributed by atoms with Gasteiger partial charge in [-0.05, 0) is 43.2 Å². The van der Waals surface area contributed by atoms with Gasteiger partial charge in [0.2, 0.25) is 0 Å². The molecule has 5 heteroatoms. The molecule has 1 aliphatic carbocycles. The molecule has 1 fully saturated rings. The minimum absolute atomic E-state index is 0.582. The van der Waals surface area contributed by atoms with Crippen LogP contribution in [-0.2, 0) is 6.54 Å². The third-order valence-electron chi connectivity index (χ3n) is 4.08. The number of fused-ring (bicyclic) bond motifs is 1. The number of hydrogen-bond acceptors (Lipinski definition) is 1. The topological polar surface area (TPSA) is 17.8 Å². The Kier molecular flexibility index (Phi) is 3.67. The number of halogens is 3. The molecule has 0 N–H and O–H groups in total. The van der Waals surface area contributed by atoms with E-state index in [1.54, 1.807) is 0 Å². The SMILES string of the molecule is Clc1cccc(Cl)c1Cn1nc(C2CC2)c2ccc(Br)cc21. The molecule has 0 unspecified atom stereocenters. The summed E-state index contributed by atoms with van der Waals surface area (Å²) in [7, 11) is 0. The van der Waals surface area contributed by atoms with Crippen LogP contribution in [-0.4, -0.2) is 9.78 Å². The predicted octanol–water partition coefficient (Wildman–Crippen LogP) is 6.03.